The van der Waals surface area contributed by atoms with Crippen LogP contribution in [0.3, 0.4) is 0 Å². The van der Waals surface area contributed by atoms with Crippen molar-refractivity contribution in [3.05, 3.63) is 86.8 Å². The molecule has 0 atom stereocenters. The van der Waals surface area contributed by atoms with Gasteiger partial charge in [0.05, 0.1) is 11.9 Å². The molecule has 0 aliphatic carbocycles. The molecule has 30 heavy (non-hydrogen) atoms. The summed E-state index contributed by atoms with van der Waals surface area (Å²) in [5, 5.41) is 2.57. The van der Waals surface area contributed by atoms with Gasteiger partial charge in [0.1, 0.15) is 10.7 Å². The molecule has 0 radical (unpaired) electrons. The number of nitrogens with zero attached hydrogens (tertiary/aromatic N) is 2. The Morgan fingerprint density at radius 1 is 1.07 bits per heavy atom. The SMILES string of the molecule is Cc1ccc(C(=O)Cn2c(C(C)C)nc3scc(-c4ccccc4)c3c2=O)cc1C. The smallest absolute Gasteiger partial charge is 0.263 e. The highest BCUT2D eigenvalue weighted by Gasteiger charge is 2.20. The van der Waals surface area contributed by atoms with E-state index in [1.54, 1.807) is 4.57 Å². The predicted octanol–water partition coefficient (Wildman–Crippen LogP) is 5.75. The van der Waals surface area contributed by atoms with Crippen molar-refractivity contribution in [2.24, 2.45) is 0 Å². The number of carbonyl (C=O) groups is 1. The molecule has 0 bridgehead atoms. The topological polar surface area (TPSA) is 52.0 Å². The number of thiophene rings is 1. The van der Waals surface area contributed by atoms with Crippen molar-refractivity contribution >= 4 is 27.3 Å². The van der Waals surface area contributed by atoms with E-state index < -0.39 is 0 Å². The Morgan fingerprint density at radius 3 is 2.47 bits per heavy atom. The van der Waals surface area contributed by atoms with Crippen molar-refractivity contribution in [2.45, 2.75) is 40.2 Å². The zero-order valence-electron chi connectivity index (χ0n) is 17.6. The van der Waals surface area contributed by atoms with Crippen molar-refractivity contribution < 1.29 is 4.79 Å². The van der Waals surface area contributed by atoms with E-state index in [4.69, 9.17) is 4.98 Å². The first-order chi connectivity index (χ1) is 14.4. The first-order valence-electron chi connectivity index (χ1n) is 10.0. The van der Waals surface area contributed by atoms with Crippen LogP contribution >= 0.6 is 11.3 Å². The molecule has 2 aromatic heterocycles. The average molecular weight is 417 g/mol. The van der Waals surface area contributed by atoms with Crippen LogP contribution < -0.4 is 5.56 Å². The Balaban J connectivity index is 1.86. The van der Waals surface area contributed by atoms with Gasteiger partial charge in [0.15, 0.2) is 5.78 Å². The Labute approximate surface area is 179 Å². The van der Waals surface area contributed by atoms with Crippen molar-refractivity contribution in [3.63, 3.8) is 0 Å². The number of aromatic nitrogens is 2. The number of rotatable bonds is 5. The summed E-state index contributed by atoms with van der Waals surface area (Å²) in [6.07, 6.45) is 0. The minimum absolute atomic E-state index is 0.0120. The van der Waals surface area contributed by atoms with Gasteiger partial charge >= 0.3 is 0 Å². The lowest BCUT2D eigenvalue weighted by atomic mass is 10.0. The molecule has 4 nitrogen and oxygen atoms in total. The molecule has 0 saturated carbocycles. The zero-order chi connectivity index (χ0) is 21.4. The quantitative estimate of drug-likeness (QED) is 0.389. The minimum atomic E-state index is -0.152. The summed E-state index contributed by atoms with van der Waals surface area (Å²) in [6.45, 7) is 7.99. The van der Waals surface area contributed by atoms with Crippen LogP contribution in [0.15, 0.2) is 58.7 Å². The van der Waals surface area contributed by atoms with Crippen LogP contribution in [0, 0.1) is 13.8 Å². The van der Waals surface area contributed by atoms with Crippen molar-refractivity contribution in [1.82, 2.24) is 9.55 Å². The van der Waals surface area contributed by atoms with E-state index in [9.17, 15) is 9.59 Å². The molecular weight excluding hydrogens is 392 g/mol. The summed E-state index contributed by atoms with van der Waals surface area (Å²) in [6, 6.07) is 15.5. The van der Waals surface area contributed by atoms with Gasteiger partial charge in [-0.05, 0) is 36.6 Å². The van der Waals surface area contributed by atoms with Gasteiger partial charge in [0.25, 0.3) is 5.56 Å². The van der Waals surface area contributed by atoms with Gasteiger partial charge in [-0.25, -0.2) is 4.98 Å². The van der Waals surface area contributed by atoms with Gasteiger partial charge in [-0.2, -0.15) is 0 Å². The van der Waals surface area contributed by atoms with Gasteiger partial charge in [0.2, 0.25) is 0 Å². The number of ketones is 1. The largest absolute Gasteiger partial charge is 0.292 e. The first-order valence-corrected chi connectivity index (χ1v) is 10.9. The van der Waals surface area contributed by atoms with Crippen LogP contribution in [0.2, 0.25) is 0 Å². The zero-order valence-corrected chi connectivity index (χ0v) is 18.4. The summed E-state index contributed by atoms with van der Waals surface area (Å²) in [7, 11) is 0. The normalized spacial score (nSPS) is 11.4. The Bertz CT molecular complexity index is 1300. The molecule has 2 aromatic carbocycles. The minimum Gasteiger partial charge on any atom is -0.292 e. The molecule has 0 aliphatic heterocycles. The number of Topliss-reactive ketones (excluding diaryl/α,β-unsaturated/α-hetero) is 1. The first kappa shape index (κ1) is 20.2. The number of benzene rings is 2. The summed E-state index contributed by atoms with van der Waals surface area (Å²) in [5.41, 5.74) is 4.52. The second kappa shape index (κ2) is 8.00. The van der Waals surface area contributed by atoms with Crippen LogP contribution in [0.25, 0.3) is 21.3 Å². The van der Waals surface area contributed by atoms with E-state index in [-0.39, 0.29) is 23.8 Å². The van der Waals surface area contributed by atoms with Gasteiger partial charge in [-0.1, -0.05) is 56.3 Å². The lowest BCUT2D eigenvalue weighted by molar-refractivity contribution is 0.0969. The molecule has 4 aromatic rings. The molecule has 0 amide bonds. The average Bonchev–Trinajstić information content (AvgIpc) is 3.16. The van der Waals surface area contributed by atoms with Crippen molar-refractivity contribution in [3.8, 4) is 11.1 Å². The monoisotopic (exact) mass is 416 g/mol. The van der Waals surface area contributed by atoms with Crippen LogP contribution in [-0.2, 0) is 6.54 Å². The van der Waals surface area contributed by atoms with E-state index in [1.807, 2.05) is 81.6 Å². The van der Waals surface area contributed by atoms with Crippen LogP contribution in [0.1, 0.15) is 47.1 Å². The number of carbonyl (C=O) groups excluding carboxylic acids is 1. The van der Waals surface area contributed by atoms with Gasteiger partial charge in [-0.3, -0.25) is 14.2 Å². The molecule has 4 rings (SSSR count). The maximum Gasteiger partial charge on any atom is 0.263 e. The maximum absolute atomic E-state index is 13.6. The van der Waals surface area contributed by atoms with E-state index in [0.29, 0.717) is 16.8 Å². The summed E-state index contributed by atoms with van der Waals surface area (Å²) in [4.78, 5) is 32.1. The molecule has 0 saturated heterocycles. The van der Waals surface area contributed by atoms with E-state index in [0.717, 1.165) is 27.1 Å². The molecule has 0 spiro atoms. The fourth-order valence-corrected chi connectivity index (χ4v) is 4.56. The lowest BCUT2D eigenvalue weighted by Gasteiger charge is -2.15. The van der Waals surface area contributed by atoms with Gasteiger partial charge < -0.3 is 0 Å². The van der Waals surface area contributed by atoms with Crippen LogP contribution in [0.5, 0.6) is 0 Å². The molecule has 2 heterocycles. The Kier molecular flexibility index (Phi) is 5.39. The molecule has 0 unspecified atom stereocenters. The third-order valence-electron chi connectivity index (χ3n) is 5.46. The maximum atomic E-state index is 13.6. The van der Waals surface area contributed by atoms with E-state index in [2.05, 4.69) is 0 Å². The van der Waals surface area contributed by atoms with Crippen molar-refractivity contribution in [1.29, 1.82) is 0 Å². The highest BCUT2D eigenvalue weighted by molar-refractivity contribution is 7.17. The molecule has 0 fully saturated rings. The number of aryl methyl sites for hydroxylation is 2. The fourth-order valence-electron chi connectivity index (χ4n) is 3.61. The predicted molar refractivity (Wildman–Crippen MR) is 124 cm³/mol. The fraction of sp³-hybridized carbons (Fsp3) is 0.240. The summed E-state index contributed by atoms with van der Waals surface area (Å²) >= 11 is 1.47. The summed E-state index contributed by atoms with van der Waals surface area (Å²) < 4.78 is 1.56. The molecule has 0 aliphatic rings. The van der Waals surface area contributed by atoms with Crippen molar-refractivity contribution in [2.75, 3.05) is 0 Å². The Morgan fingerprint density at radius 2 is 1.80 bits per heavy atom. The molecule has 152 valence electrons. The highest BCUT2D eigenvalue weighted by atomic mass is 32.1. The summed E-state index contributed by atoms with van der Waals surface area (Å²) in [5.74, 6) is 0.586. The standard InChI is InChI=1S/C25H24N2O2S/c1-15(2)23-26-24-22(20(14-30-24)18-8-6-5-7-9-18)25(29)27(23)13-21(28)19-11-10-16(3)17(4)12-19/h5-12,14-15H,13H2,1-4H3. The molecule has 0 N–H and O–H groups in total. The number of hydrogen-bond donors (Lipinski definition) is 0. The Hall–Kier alpha value is -3.05. The molecule has 5 heteroatoms. The number of fused-ring (bicyclic) bond motifs is 1. The lowest BCUT2D eigenvalue weighted by Crippen LogP contribution is -2.29. The van der Waals surface area contributed by atoms with Crippen LogP contribution in [0.4, 0.5) is 0 Å². The molecular formula is C25H24N2O2S. The van der Waals surface area contributed by atoms with Gasteiger partial charge in [0, 0.05) is 22.4 Å². The third-order valence-corrected chi connectivity index (χ3v) is 6.33. The van der Waals surface area contributed by atoms with Crippen LogP contribution in [-0.4, -0.2) is 15.3 Å². The number of hydrogen-bond acceptors (Lipinski definition) is 4. The third kappa shape index (κ3) is 3.61. The van der Waals surface area contributed by atoms with Gasteiger partial charge in [-0.15, -0.1) is 11.3 Å². The van der Waals surface area contributed by atoms with E-state index in [1.165, 1.54) is 11.3 Å². The van der Waals surface area contributed by atoms with E-state index >= 15 is 0 Å². The second-order valence-electron chi connectivity index (χ2n) is 7.93. The highest BCUT2D eigenvalue weighted by Crippen LogP contribution is 2.31. The second-order valence-corrected chi connectivity index (χ2v) is 8.79.